The number of halogens is 1. The monoisotopic (exact) mass is 557 g/mol. The lowest BCUT2D eigenvalue weighted by atomic mass is 9.99. The lowest BCUT2D eigenvalue weighted by Crippen LogP contribution is -2.38. The standard InChI is InChI=1S/C22H31N5O2S.HI/c1-6-29-21(28)19-14(2)25-20(30-19)15(3)26-22(23-4)24-13-16-9-10-18-17(12-16)8-7-11-27(18)5;/h9-10,12,15H,6-8,11,13H2,1-5H3,(H2,23,24,26);1H. The number of benzene rings is 1. The van der Waals surface area contributed by atoms with E-state index >= 15 is 0 Å². The Balaban J connectivity index is 0.00000341. The number of hydrogen-bond acceptors (Lipinski definition) is 6. The number of ether oxygens (including phenoxy) is 1. The fraction of sp³-hybridized carbons (Fsp3) is 0.500. The predicted octanol–water partition coefficient (Wildman–Crippen LogP) is 4.05. The van der Waals surface area contributed by atoms with Crippen LogP contribution < -0.4 is 15.5 Å². The molecule has 9 heteroatoms. The van der Waals surface area contributed by atoms with Crippen molar-refractivity contribution in [3.63, 3.8) is 0 Å². The van der Waals surface area contributed by atoms with Gasteiger partial charge in [0, 0.05) is 32.9 Å². The Kier molecular flexibility index (Phi) is 9.54. The van der Waals surface area contributed by atoms with Gasteiger partial charge < -0.3 is 20.3 Å². The van der Waals surface area contributed by atoms with Crippen molar-refractivity contribution in [3.8, 4) is 0 Å². The van der Waals surface area contributed by atoms with E-state index in [0.29, 0.717) is 29.7 Å². The molecular formula is C22H32IN5O2S. The van der Waals surface area contributed by atoms with E-state index in [1.807, 2.05) is 13.8 Å². The molecule has 0 bridgehead atoms. The molecule has 1 aromatic heterocycles. The van der Waals surface area contributed by atoms with E-state index in [2.05, 4.69) is 50.8 Å². The number of carbonyl (C=O) groups excluding carboxylic acids is 1. The first-order chi connectivity index (χ1) is 14.4. The summed E-state index contributed by atoms with van der Waals surface area (Å²) < 4.78 is 5.11. The zero-order valence-corrected chi connectivity index (χ0v) is 22.0. The summed E-state index contributed by atoms with van der Waals surface area (Å²) in [5.41, 5.74) is 4.67. The van der Waals surface area contributed by atoms with Crippen molar-refractivity contribution in [1.82, 2.24) is 15.6 Å². The number of aromatic nitrogens is 1. The highest BCUT2D eigenvalue weighted by Gasteiger charge is 2.20. The zero-order valence-electron chi connectivity index (χ0n) is 18.8. The van der Waals surface area contributed by atoms with E-state index in [-0.39, 0.29) is 36.0 Å². The molecular weight excluding hydrogens is 525 g/mol. The first kappa shape index (κ1) is 25.4. The quantitative estimate of drug-likeness (QED) is 0.242. The zero-order chi connectivity index (χ0) is 21.7. The van der Waals surface area contributed by atoms with Crippen LogP contribution in [0, 0.1) is 6.92 Å². The van der Waals surface area contributed by atoms with Crippen LogP contribution in [0.3, 0.4) is 0 Å². The van der Waals surface area contributed by atoms with Crippen molar-refractivity contribution in [2.45, 2.75) is 46.2 Å². The van der Waals surface area contributed by atoms with E-state index in [1.54, 1.807) is 14.0 Å². The van der Waals surface area contributed by atoms with Gasteiger partial charge in [-0.1, -0.05) is 12.1 Å². The highest BCUT2D eigenvalue weighted by atomic mass is 127. The summed E-state index contributed by atoms with van der Waals surface area (Å²) in [5, 5.41) is 7.57. The molecule has 1 aliphatic rings. The topological polar surface area (TPSA) is 78.8 Å². The van der Waals surface area contributed by atoms with E-state index in [0.717, 1.165) is 18.0 Å². The van der Waals surface area contributed by atoms with Crippen molar-refractivity contribution < 1.29 is 9.53 Å². The lowest BCUT2D eigenvalue weighted by Gasteiger charge is -2.28. The number of esters is 1. The van der Waals surface area contributed by atoms with Gasteiger partial charge in [0.15, 0.2) is 5.96 Å². The maximum absolute atomic E-state index is 12.1. The molecule has 2 aromatic rings. The average Bonchev–Trinajstić information content (AvgIpc) is 3.13. The smallest absolute Gasteiger partial charge is 0.350 e. The van der Waals surface area contributed by atoms with Crippen LogP contribution in [-0.4, -0.2) is 44.2 Å². The van der Waals surface area contributed by atoms with Gasteiger partial charge >= 0.3 is 5.97 Å². The second kappa shape index (κ2) is 11.7. The third-order valence-corrected chi connectivity index (χ3v) is 6.50. The molecule has 0 radical (unpaired) electrons. The summed E-state index contributed by atoms with van der Waals surface area (Å²) in [5.74, 6) is 0.384. The molecule has 2 heterocycles. The van der Waals surface area contributed by atoms with Crippen LogP contribution >= 0.6 is 35.3 Å². The van der Waals surface area contributed by atoms with Gasteiger partial charge in [0.2, 0.25) is 0 Å². The number of anilines is 1. The summed E-state index contributed by atoms with van der Waals surface area (Å²) >= 11 is 1.36. The van der Waals surface area contributed by atoms with E-state index in [4.69, 9.17) is 4.74 Å². The Morgan fingerprint density at radius 3 is 2.90 bits per heavy atom. The third-order valence-electron chi connectivity index (χ3n) is 5.18. The normalized spacial score (nSPS) is 14.4. The van der Waals surface area contributed by atoms with Gasteiger partial charge in [0.1, 0.15) is 9.88 Å². The molecule has 170 valence electrons. The van der Waals surface area contributed by atoms with Gasteiger partial charge in [-0.05, 0) is 50.8 Å². The molecule has 0 fully saturated rings. The molecule has 0 saturated heterocycles. The highest BCUT2D eigenvalue weighted by molar-refractivity contribution is 14.0. The predicted molar refractivity (Wildman–Crippen MR) is 138 cm³/mol. The summed E-state index contributed by atoms with van der Waals surface area (Å²) in [7, 11) is 3.90. The molecule has 2 N–H and O–H groups in total. The minimum absolute atomic E-state index is 0. The molecule has 31 heavy (non-hydrogen) atoms. The summed E-state index contributed by atoms with van der Waals surface area (Å²) in [6.45, 7) is 7.81. The number of fused-ring (bicyclic) bond motifs is 1. The SMILES string of the molecule is CCOC(=O)c1sc(C(C)NC(=NC)NCc2ccc3c(c2)CCCN3C)nc1C.I. The minimum atomic E-state index is -0.313. The molecule has 0 saturated carbocycles. The van der Waals surface area contributed by atoms with Gasteiger partial charge in [-0.3, -0.25) is 4.99 Å². The molecule has 0 aliphatic carbocycles. The number of thiazole rings is 1. The Hall–Kier alpha value is -1.88. The number of nitrogens with zero attached hydrogens (tertiary/aromatic N) is 3. The average molecular weight is 558 g/mol. The lowest BCUT2D eigenvalue weighted by molar-refractivity contribution is 0.0531. The second-order valence-corrected chi connectivity index (χ2v) is 8.50. The summed E-state index contributed by atoms with van der Waals surface area (Å²) in [6.07, 6.45) is 2.33. The van der Waals surface area contributed by atoms with Crippen LogP contribution in [0.15, 0.2) is 23.2 Å². The van der Waals surface area contributed by atoms with E-state index in [9.17, 15) is 4.79 Å². The van der Waals surface area contributed by atoms with Gasteiger partial charge in [-0.25, -0.2) is 9.78 Å². The third kappa shape index (κ3) is 6.31. The maximum atomic E-state index is 12.1. The van der Waals surface area contributed by atoms with E-state index < -0.39 is 0 Å². The minimum Gasteiger partial charge on any atom is -0.462 e. The molecule has 1 aromatic carbocycles. The van der Waals surface area contributed by atoms with Crippen molar-refractivity contribution in [1.29, 1.82) is 0 Å². The number of rotatable bonds is 6. The molecule has 1 unspecified atom stereocenters. The molecule has 3 rings (SSSR count). The Morgan fingerprint density at radius 2 is 2.19 bits per heavy atom. The highest BCUT2D eigenvalue weighted by Crippen LogP contribution is 2.27. The van der Waals surface area contributed by atoms with Crippen LogP contribution in [0.25, 0.3) is 0 Å². The van der Waals surface area contributed by atoms with Gasteiger partial charge in [-0.2, -0.15) is 0 Å². The van der Waals surface area contributed by atoms with Gasteiger partial charge in [-0.15, -0.1) is 35.3 Å². The first-order valence-corrected chi connectivity index (χ1v) is 11.2. The van der Waals surface area contributed by atoms with Crippen molar-refractivity contribution in [2.75, 3.05) is 32.1 Å². The van der Waals surface area contributed by atoms with E-state index in [1.165, 1.54) is 34.6 Å². The van der Waals surface area contributed by atoms with Crippen LogP contribution in [-0.2, 0) is 17.7 Å². The molecule has 0 spiro atoms. The second-order valence-electron chi connectivity index (χ2n) is 7.47. The fourth-order valence-corrected chi connectivity index (χ4v) is 4.55. The Bertz CT molecular complexity index is 931. The summed E-state index contributed by atoms with van der Waals surface area (Å²) in [6, 6.07) is 6.57. The Morgan fingerprint density at radius 1 is 1.42 bits per heavy atom. The maximum Gasteiger partial charge on any atom is 0.350 e. The number of nitrogens with one attached hydrogen (secondary N) is 2. The van der Waals surface area contributed by atoms with Crippen LogP contribution in [0.1, 0.15) is 57.8 Å². The van der Waals surface area contributed by atoms with Gasteiger partial charge in [0.05, 0.1) is 18.3 Å². The first-order valence-electron chi connectivity index (χ1n) is 10.4. The summed E-state index contributed by atoms with van der Waals surface area (Å²) in [4.78, 5) is 23.8. The van der Waals surface area contributed by atoms with Crippen molar-refractivity contribution >= 4 is 52.9 Å². The van der Waals surface area contributed by atoms with Crippen LogP contribution in [0.4, 0.5) is 5.69 Å². The number of aliphatic imine (C=N–C) groups is 1. The number of hydrogen-bond donors (Lipinski definition) is 2. The van der Waals surface area contributed by atoms with Crippen LogP contribution in [0.5, 0.6) is 0 Å². The largest absolute Gasteiger partial charge is 0.462 e. The Labute approximate surface area is 205 Å². The number of guanidine groups is 1. The molecule has 1 atom stereocenters. The fourth-order valence-electron chi connectivity index (χ4n) is 3.58. The number of aryl methyl sites for hydroxylation is 2. The molecule has 7 nitrogen and oxygen atoms in total. The number of carbonyl (C=O) groups is 1. The van der Waals surface area contributed by atoms with Crippen LogP contribution in [0.2, 0.25) is 0 Å². The van der Waals surface area contributed by atoms with Crippen molar-refractivity contribution in [2.24, 2.45) is 4.99 Å². The molecule has 1 aliphatic heterocycles. The molecule has 0 amide bonds. The van der Waals surface area contributed by atoms with Gasteiger partial charge in [0.25, 0.3) is 0 Å². The van der Waals surface area contributed by atoms with Crippen molar-refractivity contribution in [3.05, 3.63) is 44.9 Å².